The van der Waals surface area contributed by atoms with Gasteiger partial charge in [-0.05, 0) is 48.9 Å². The molecular weight excluding hydrogens is 396 g/mol. The van der Waals surface area contributed by atoms with E-state index in [1.807, 2.05) is 24.4 Å². The van der Waals surface area contributed by atoms with E-state index in [4.69, 9.17) is 9.47 Å². The smallest absolute Gasteiger partial charge is 0.134 e. The summed E-state index contributed by atoms with van der Waals surface area (Å²) in [4.78, 5) is 0. The number of fused-ring (bicyclic) bond motifs is 3. The van der Waals surface area contributed by atoms with Crippen LogP contribution in [0.4, 0.5) is 0 Å². The third kappa shape index (κ3) is 4.55. The van der Waals surface area contributed by atoms with Crippen LogP contribution in [-0.2, 0) is 17.6 Å². The molecule has 1 N–H and O–H groups in total. The van der Waals surface area contributed by atoms with Crippen molar-refractivity contribution in [3.05, 3.63) is 65.4 Å². The number of hydrogen-bond donors (Lipinski definition) is 1. The molecule has 0 spiro atoms. The first kappa shape index (κ1) is 22.4. The molecule has 0 amide bonds. The molecule has 3 aromatic rings. The van der Waals surface area contributed by atoms with E-state index in [1.54, 1.807) is 0 Å². The van der Waals surface area contributed by atoms with Crippen LogP contribution in [0, 0.1) is 0 Å². The fourth-order valence-corrected chi connectivity index (χ4v) is 4.56. The van der Waals surface area contributed by atoms with Crippen LogP contribution in [0.5, 0.6) is 11.5 Å². The first-order chi connectivity index (χ1) is 15.3. The van der Waals surface area contributed by atoms with Crippen molar-refractivity contribution in [2.45, 2.75) is 84.3 Å². The average molecular weight is 433 g/mol. The fourth-order valence-electron chi connectivity index (χ4n) is 4.56. The third-order valence-corrected chi connectivity index (χ3v) is 6.64. The summed E-state index contributed by atoms with van der Waals surface area (Å²) in [7, 11) is 0. The molecule has 0 fully saturated rings. The summed E-state index contributed by atoms with van der Waals surface area (Å²) in [6, 6.07) is 14.7. The molecule has 2 heterocycles. The summed E-state index contributed by atoms with van der Waals surface area (Å²) in [5.74, 6) is 1.72. The molecular formula is C28H36N2O2. The topological polar surface area (TPSA) is 47.1 Å². The van der Waals surface area contributed by atoms with Crippen molar-refractivity contribution >= 4 is 0 Å². The molecule has 0 unspecified atom stereocenters. The number of benzene rings is 2. The van der Waals surface area contributed by atoms with E-state index in [1.165, 1.54) is 31.2 Å². The Labute approximate surface area is 192 Å². The minimum absolute atomic E-state index is 0.0371. The first-order valence-corrected chi connectivity index (χ1v) is 11.9. The Morgan fingerprint density at radius 2 is 1.84 bits per heavy atom. The van der Waals surface area contributed by atoms with Gasteiger partial charge in [-0.2, -0.15) is 5.10 Å². The van der Waals surface area contributed by atoms with E-state index in [2.05, 4.69) is 69.1 Å². The van der Waals surface area contributed by atoms with Crippen LogP contribution in [0.15, 0.2) is 48.7 Å². The van der Waals surface area contributed by atoms with Crippen LogP contribution in [0.3, 0.4) is 0 Å². The van der Waals surface area contributed by atoms with Gasteiger partial charge in [0.05, 0.1) is 17.5 Å². The van der Waals surface area contributed by atoms with Crippen LogP contribution >= 0.6 is 0 Å². The normalized spacial score (nSPS) is 14.4. The summed E-state index contributed by atoms with van der Waals surface area (Å²) < 4.78 is 13.0. The van der Waals surface area contributed by atoms with E-state index in [-0.39, 0.29) is 5.41 Å². The average Bonchev–Trinajstić information content (AvgIpc) is 3.26. The predicted octanol–water partition coefficient (Wildman–Crippen LogP) is 7.53. The van der Waals surface area contributed by atoms with E-state index in [9.17, 15) is 0 Å². The van der Waals surface area contributed by atoms with Crippen LogP contribution in [-0.4, -0.2) is 10.2 Å². The molecule has 0 bridgehead atoms. The Morgan fingerprint density at radius 1 is 1.06 bits per heavy atom. The number of nitrogens with zero attached hydrogens (tertiary/aromatic N) is 1. The van der Waals surface area contributed by atoms with Crippen LogP contribution in [0.1, 0.15) is 83.4 Å². The first-order valence-electron chi connectivity index (χ1n) is 11.9. The maximum atomic E-state index is 6.54. The Kier molecular flexibility index (Phi) is 6.32. The van der Waals surface area contributed by atoms with Crippen molar-refractivity contribution in [1.29, 1.82) is 0 Å². The van der Waals surface area contributed by atoms with Crippen molar-refractivity contribution in [3.63, 3.8) is 0 Å². The highest BCUT2D eigenvalue weighted by Gasteiger charge is 2.37. The molecule has 170 valence electrons. The molecule has 1 aliphatic heterocycles. The number of H-pyrrole nitrogens is 1. The van der Waals surface area contributed by atoms with Gasteiger partial charge in [0.2, 0.25) is 0 Å². The molecule has 4 heteroatoms. The van der Waals surface area contributed by atoms with Gasteiger partial charge in [0.25, 0.3) is 0 Å². The molecule has 2 aromatic carbocycles. The zero-order valence-electron chi connectivity index (χ0n) is 20.1. The third-order valence-electron chi connectivity index (χ3n) is 6.64. The second-order valence-electron chi connectivity index (χ2n) is 10.1. The van der Waals surface area contributed by atoms with Crippen molar-refractivity contribution in [2.24, 2.45) is 0 Å². The highest BCUT2D eigenvalue weighted by atomic mass is 16.5. The Bertz CT molecular complexity index is 1050. The number of hydrogen-bond acceptors (Lipinski definition) is 3. The molecule has 0 radical (unpaired) electrons. The number of ether oxygens (including phenoxy) is 2. The fraction of sp³-hybridized carbons (Fsp3) is 0.464. The molecule has 0 saturated carbocycles. The van der Waals surface area contributed by atoms with Gasteiger partial charge in [0.15, 0.2) is 0 Å². The van der Waals surface area contributed by atoms with Crippen molar-refractivity contribution in [1.82, 2.24) is 10.2 Å². The standard InChI is InChI=1S/C28H36N2O2/c1-6-7-8-12-15-27(2,3)21-16-23(31-19-20-13-10-9-11-14-20)25-24(17-21)32-28(4,5)22-18-29-30-26(22)25/h9-11,13-14,16-18H,6-8,12,15,19H2,1-5H3,(H,29,30). The molecule has 1 aliphatic rings. The Hall–Kier alpha value is -2.75. The highest BCUT2D eigenvalue weighted by Crippen LogP contribution is 2.50. The predicted molar refractivity (Wildman–Crippen MR) is 130 cm³/mol. The molecule has 0 atom stereocenters. The minimum atomic E-state index is -0.448. The molecule has 0 aliphatic carbocycles. The molecule has 1 aromatic heterocycles. The van der Waals surface area contributed by atoms with Gasteiger partial charge in [-0.25, -0.2) is 0 Å². The summed E-state index contributed by atoms with van der Waals surface area (Å²) in [5, 5.41) is 7.53. The monoisotopic (exact) mass is 432 g/mol. The second-order valence-corrected chi connectivity index (χ2v) is 10.1. The lowest BCUT2D eigenvalue weighted by Crippen LogP contribution is -2.29. The Morgan fingerprint density at radius 3 is 2.59 bits per heavy atom. The van der Waals surface area contributed by atoms with Crippen LogP contribution in [0.25, 0.3) is 11.3 Å². The van der Waals surface area contributed by atoms with Gasteiger partial charge >= 0.3 is 0 Å². The summed E-state index contributed by atoms with van der Waals surface area (Å²) in [6.07, 6.45) is 8.07. The SMILES string of the molecule is CCCCCCC(C)(C)c1cc(OCc2ccccc2)c2c(c1)OC(C)(C)c1cn[nH]c1-2. The highest BCUT2D eigenvalue weighted by molar-refractivity contribution is 5.79. The maximum absolute atomic E-state index is 6.54. The van der Waals surface area contributed by atoms with Crippen LogP contribution in [0.2, 0.25) is 0 Å². The number of nitrogens with one attached hydrogen (secondary N) is 1. The zero-order valence-corrected chi connectivity index (χ0v) is 20.1. The Balaban J connectivity index is 1.73. The molecule has 0 saturated heterocycles. The zero-order chi connectivity index (χ0) is 22.8. The lowest BCUT2D eigenvalue weighted by molar-refractivity contribution is 0.105. The molecule has 4 nitrogen and oxygen atoms in total. The van der Waals surface area contributed by atoms with Crippen molar-refractivity contribution in [3.8, 4) is 22.8 Å². The second kappa shape index (κ2) is 9.01. The van der Waals surface area contributed by atoms with E-state index >= 15 is 0 Å². The quantitative estimate of drug-likeness (QED) is 0.355. The van der Waals surface area contributed by atoms with Gasteiger partial charge in [0.1, 0.15) is 23.7 Å². The largest absolute Gasteiger partial charge is 0.488 e. The minimum Gasteiger partial charge on any atom is -0.488 e. The maximum Gasteiger partial charge on any atom is 0.134 e. The van der Waals surface area contributed by atoms with Crippen molar-refractivity contribution in [2.75, 3.05) is 0 Å². The van der Waals surface area contributed by atoms with E-state index in [0.29, 0.717) is 6.61 Å². The molecule has 4 rings (SSSR count). The van der Waals surface area contributed by atoms with Crippen molar-refractivity contribution < 1.29 is 9.47 Å². The summed E-state index contributed by atoms with van der Waals surface area (Å²) in [5.41, 5.74) is 5.01. The summed E-state index contributed by atoms with van der Waals surface area (Å²) >= 11 is 0. The van der Waals surface area contributed by atoms with E-state index in [0.717, 1.165) is 40.3 Å². The van der Waals surface area contributed by atoms with Crippen LogP contribution < -0.4 is 9.47 Å². The van der Waals surface area contributed by atoms with Gasteiger partial charge in [0, 0.05) is 5.56 Å². The van der Waals surface area contributed by atoms with Gasteiger partial charge in [-0.15, -0.1) is 0 Å². The number of unbranched alkanes of at least 4 members (excludes halogenated alkanes) is 3. The lowest BCUT2D eigenvalue weighted by Gasteiger charge is -2.35. The van der Waals surface area contributed by atoms with Gasteiger partial charge in [-0.3, -0.25) is 5.10 Å². The summed E-state index contributed by atoms with van der Waals surface area (Å²) in [6.45, 7) is 11.6. The van der Waals surface area contributed by atoms with Gasteiger partial charge in [-0.1, -0.05) is 76.8 Å². The lowest BCUT2D eigenvalue weighted by atomic mass is 9.78. The number of rotatable bonds is 9. The molecule has 32 heavy (non-hydrogen) atoms. The van der Waals surface area contributed by atoms with Gasteiger partial charge < -0.3 is 9.47 Å². The van der Waals surface area contributed by atoms with E-state index < -0.39 is 5.60 Å². The number of aromatic nitrogens is 2. The number of aromatic amines is 1.